The first-order chi connectivity index (χ1) is 43.4. The van der Waals surface area contributed by atoms with Crippen LogP contribution < -0.4 is 0 Å². The summed E-state index contributed by atoms with van der Waals surface area (Å²) in [4.78, 5) is 72.4. The van der Waals surface area contributed by atoms with Crippen LogP contribution in [0.4, 0.5) is 0 Å². The van der Waals surface area contributed by atoms with Gasteiger partial charge in [-0.1, -0.05) is 284 Å². The molecule has 0 aromatic heterocycles. The molecule has 0 heterocycles. The Balaban J connectivity index is 5.25. The number of aliphatic hydroxyl groups excluding tert-OH is 1. The quantitative estimate of drug-likeness (QED) is 0.0169. The monoisotopic (exact) mass is 1320 g/mol. The summed E-state index contributed by atoms with van der Waals surface area (Å²) in [7, 11) is -9.91. The highest BCUT2D eigenvalue weighted by Gasteiger charge is 2.30. The van der Waals surface area contributed by atoms with Crippen LogP contribution in [-0.2, 0) is 65.4 Å². The summed E-state index contributed by atoms with van der Waals surface area (Å²) >= 11 is 0. The molecule has 0 rings (SSSR count). The summed E-state index contributed by atoms with van der Waals surface area (Å²) in [6.07, 6.45) is 50.8. The van der Waals surface area contributed by atoms with E-state index in [1.54, 1.807) is 0 Å². The van der Waals surface area contributed by atoms with Gasteiger partial charge in [-0.15, -0.1) is 0 Å². The molecule has 0 aliphatic carbocycles. The number of unbranched alkanes of at least 4 members (excludes halogenated alkanes) is 34. The Bertz CT molecular complexity index is 1850. The van der Waals surface area contributed by atoms with Crippen molar-refractivity contribution in [3.63, 3.8) is 0 Å². The van der Waals surface area contributed by atoms with Gasteiger partial charge in [-0.2, -0.15) is 0 Å². The normalized spacial score (nSPS) is 14.6. The van der Waals surface area contributed by atoms with Crippen LogP contribution in [-0.4, -0.2) is 96.7 Å². The van der Waals surface area contributed by atoms with Crippen molar-refractivity contribution in [2.24, 2.45) is 11.8 Å². The molecule has 0 aromatic rings. The van der Waals surface area contributed by atoms with Gasteiger partial charge in [0.1, 0.15) is 19.3 Å². The minimum absolute atomic E-state index is 0.0848. The number of hydrogen-bond donors (Lipinski definition) is 3. The third kappa shape index (κ3) is 63.0. The lowest BCUT2D eigenvalue weighted by molar-refractivity contribution is -0.161. The van der Waals surface area contributed by atoms with E-state index < -0.39 is 97.5 Å². The van der Waals surface area contributed by atoms with Crippen LogP contribution >= 0.6 is 15.6 Å². The van der Waals surface area contributed by atoms with Crippen LogP contribution in [0.3, 0.4) is 0 Å². The van der Waals surface area contributed by atoms with E-state index in [0.717, 1.165) is 127 Å². The Hall–Kier alpha value is -2.46. The highest BCUT2D eigenvalue weighted by atomic mass is 31.2. The maximum atomic E-state index is 13.0. The maximum Gasteiger partial charge on any atom is 0.472 e. The van der Waals surface area contributed by atoms with Gasteiger partial charge in [-0.05, 0) is 63.2 Å². The predicted molar refractivity (Wildman–Crippen MR) is 363 cm³/mol. The minimum atomic E-state index is -4.96. The van der Waals surface area contributed by atoms with Crippen molar-refractivity contribution in [1.82, 2.24) is 0 Å². The third-order valence-electron chi connectivity index (χ3n) is 16.2. The van der Waals surface area contributed by atoms with Crippen molar-refractivity contribution in [2.45, 2.75) is 355 Å². The first-order valence-corrected chi connectivity index (χ1v) is 39.3. The van der Waals surface area contributed by atoms with Gasteiger partial charge in [0, 0.05) is 25.7 Å². The minimum Gasteiger partial charge on any atom is -0.462 e. The van der Waals surface area contributed by atoms with Crippen LogP contribution in [0.1, 0.15) is 337 Å². The van der Waals surface area contributed by atoms with E-state index in [0.29, 0.717) is 25.7 Å². The van der Waals surface area contributed by atoms with Crippen molar-refractivity contribution >= 4 is 39.5 Å². The van der Waals surface area contributed by atoms with Gasteiger partial charge in [0.05, 0.1) is 26.4 Å². The lowest BCUT2D eigenvalue weighted by Gasteiger charge is -2.21. The Morgan fingerprint density at radius 2 is 0.656 bits per heavy atom. The number of allylic oxidation sites excluding steroid dienone is 4. The lowest BCUT2D eigenvalue weighted by Crippen LogP contribution is -2.30. The molecule has 0 aliphatic heterocycles. The Morgan fingerprint density at radius 1 is 0.367 bits per heavy atom. The molecule has 19 heteroatoms. The fourth-order valence-corrected chi connectivity index (χ4v) is 11.8. The number of ether oxygens (including phenoxy) is 4. The number of esters is 4. The molecular formula is C71H134O17P2. The second-order valence-corrected chi connectivity index (χ2v) is 28.6. The Morgan fingerprint density at radius 3 is 1.00 bits per heavy atom. The molecule has 530 valence electrons. The standard InChI is InChI=1S/C71H134O17P2/c1-7-10-12-14-16-17-18-19-20-21-24-31-37-43-49-55-70(75)88-67(60-82-69(74)54-48-42-36-30-25-22-23-28-34-39-45-51-63(4)5)62-86-90(79,80)84-58-65(72)57-83-89(77,78)85-61-66(59-81-68(73)53-47-41-33-15-13-11-8-2)87-71(76)56-50-44-38-32-27-26-29-35-40-46-52-64(6)9-3/h17-20,63-67,72H,7-16,21-62H2,1-6H3,(H,77,78)(H,79,80)/b18-17-,20-19-/t64?,65-,66+,67+/m0/s1. The number of aliphatic hydroxyl groups is 1. The molecule has 0 spiro atoms. The van der Waals surface area contributed by atoms with E-state index in [1.165, 1.54) is 128 Å². The summed E-state index contributed by atoms with van der Waals surface area (Å²) in [6, 6.07) is 0. The fraction of sp³-hybridized carbons (Fsp3) is 0.887. The molecular weight excluding hydrogens is 1190 g/mol. The van der Waals surface area contributed by atoms with E-state index >= 15 is 0 Å². The molecule has 6 atom stereocenters. The first kappa shape index (κ1) is 87.5. The van der Waals surface area contributed by atoms with Crippen molar-refractivity contribution < 1.29 is 80.2 Å². The molecule has 0 aromatic carbocycles. The number of hydrogen-bond acceptors (Lipinski definition) is 15. The van der Waals surface area contributed by atoms with Crippen molar-refractivity contribution in [3.05, 3.63) is 24.3 Å². The van der Waals surface area contributed by atoms with Crippen LogP contribution in [0.5, 0.6) is 0 Å². The van der Waals surface area contributed by atoms with Gasteiger partial charge < -0.3 is 33.8 Å². The number of rotatable bonds is 68. The molecule has 0 saturated carbocycles. The van der Waals surface area contributed by atoms with E-state index in [2.05, 4.69) is 65.8 Å². The second-order valence-electron chi connectivity index (χ2n) is 25.7. The summed E-state index contributed by atoms with van der Waals surface area (Å²) in [5, 5.41) is 10.6. The lowest BCUT2D eigenvalue weighted by atomic mass is 9.99. The first-order valence-electron chi connectivity index (χ1n) is 36.3. The molecule has 0 radical (unpaired) electrons. The molecule has 17 nitrogen and oxygen atoms in total. The third-order valence-corrected chi connectivity index (χ3v) is 18.1. The SMILES string of the molecule is CCCCCC/C=C\C=C/CCCCCCCC(=O)O[C@H](COC(=O)CCCCCCCCCCCCCC(C)C)COP(=O)(O)OC[C@@H](O)COP(=O)(O)OC[C@@H](COC(=O)CCCCCCCCC)OC(=O)CCCCCCCCCCCCC(C)CC. The van der Waals surface area contributed by atoms with E-state index in [4.69, 9.17) is 37.0 Å². The van der Waals surface area contributed by atoms with Crippen molar-refractivity contribution in [1.29, 1.82) is 0 Å². The zero-order valence-electron chi connectivity index (χ0n) is 57.9. The second kappa shape index (κ2) is 62.6. The summed E-state index contributed by atoms with van der Waals surface area (Å²) in [6.45, 7) is 9.47. The summed E-state index contributed by atoms with van der Waals surface area (Å²) < 4.78 is 68.2. The van der Waals surface area contributed by atoms with Gasteiger partial charge in [-0.3, -0.25) is 37.3 Å². The summed E-state index contributed by atoms with van der Waals surface area (Å²) in [5.74, 6) is -0.587. The molecule has 0 saturated heterocycles. The van der Waals surface area contributed by atoms with Gasteiger partial charge in [0.25, 0.3) is 0 Å². The van der Waals surface area contributed by atoms with Crippen molar-refractivity contribution in [3.8, 4) is 0 Å². The molecule has 90 heavy (non-hydrogen) atoms. The van der Waals surface area contributed by atoms with E-state index in [1.807, 2.05) is 0 Å². The average Bonchev–Trinajstić information content (AvgIpc) is 3.71. The van der Waals surface area contributed by atoms with Crippen LogP contribution in [0.25, 0.3) is 0 Å². The number of carbonyl (C=O) groups excluding carboxylic acids is 4. The fourth-order valence-electron chi connectivity index (χ4n) is 10.2. The molecule has 3 unspecified atom stereocenters. The van der Waals surface area contributed by atoms with Crippen LogP contribution in [0.2, 0.25) is 0 Å². The zero-order chi connectivity index (χ0) is 66.5. The number of phosphoric ester groups is 2. The van der Waals surface area contributed by atoms with Crippen LogP contribution in [0.15, 0.2) is 24.3 Å². The van der Waals surface area contributed by atoms with E-state index in [-0.39, 0.29) is 25.7 Å². The highest BCUT2D eigenvalue weighted by molar-refractivity contribution is 7.47. The van der Waals surface area contributed by atoms with Gasteiger partial charge in [0.15, 0.2) is 12.2 Å². The molecule has 0 amide bonds. The van der Waals surface area contributed by atoms with Crippen LogP contribution in [0, 0.1) is 11.8 Å². The topological polar surface area (TPSA) is 237 Å². The van der Waals surface area contributed by atoms with E-state index in [9.17, 15) is 43.2 Å². The predicted octanol–water partition coefficient (Wildman–Crippen LogP) is 19.9. The highest BCUT2D eigenvalue weighted by Crippen LogP contribution is 2.45. The number of carbonyl (C=O) groups is 4. The largest absolute Gasteiger partial charge is 0.472 e. The summed E-state index contributed by atoms with van der Waals surface area (Å²) in [5.41, 5.74) is 0. The zero-order valence-corrected chi connectivity index (χ0v) is 59.7. The maximum absolute atomic E-state index is 13.0. The Kier molecular flexibility index (Phi) is 60.9. The smallest absolute Gasteiger partial charge is 0.462 e. The van der Waals surface area contributed by atoms with Gasteiger partial charge in [0.2, 0.25) is 0 Å². The molecule has 0 fully saturated rings. The van der Waals surface area contributed by atoms with Crippen molar-refractivity contribution in [2.75, 3.05) is 39.6 Å². The Labute approximate surface area is 548 Å². The molecule has 0 bridgehead atoms. The molecule has 3 N–H and O–H groups in total. The number of phosphoric acid groups is 2. The van der Waals surface area contributed by atoms with Gasteiger partial charge in [-0.25, -0.2) is 9.13 Å². The molecule has 0 aliphatic rings. The van der Waals surface area contributed by atoms with Gasteiger partial charge >= 0.3 is 39.5 Å². The average molecular weight is 1320 g/mol.